The lowest BCUT2D eigenvalue weighted by Gasteiger charge is -2.21. The SMILES string of the molecule is Cn1cnc2nc(OC(C)(C)C)c(-c3cccs3)nc21. The summed E-state index contributed by atoms with van der Waals surface area (Å²) in [7, 11) is 1.91. The van der Waals surface area contributed by atoms with Gasteiger partial charge in [0.1, 0.15) is 11.3 Å². The Hall–Kier alpha value is -1.95. The molecule has 0 saturated heterocycles. The van der Waals surface area contributed by atoms with Crippen LogP contribution in [0, 0.1) is 0 Å². The maximum absolute atomic E-state index is 5.96. The van der Waals surface area contributed by atoms with Crippen molar-refractivity contribution in [3.05, 3.63) is 23.8 Å². The van der Waals surface area contributed by atoms with Gasteiger partial charge in [-0.1, -0.05) is 6.07 Å². The van der Waals surface area contributed by atoms with Crippen LogP contribution < -0.4 is 4.74 Å². The quantitative estimate of drug-likeness (QED) is 0.726. The fourth-order valence-corrected chi connectivity index (χ4v) is 2.56. The Morgan fingerprint density at radius 1 is 1.25 bits per heavy atom. The van der Waals surface area contributed by atoms with Gasteiger partial charge in [0.2, 0.25) is 11.5 Å². The summed E-state index contributed by atoms with van der Waals surface area (Å²) in [5.74, 6) is 0.533. The predicted octanol–water partition coefficient (Wildman–Crippen LogP) is 3.27. The lowest BCUT2D eigenvalue weighted by Crippen LogP contribution is -2.24. The number of rotatable bonds is 2. The number of imidazole rings is 1. The van der Waals surface area contributed by atoms with E-state index in [1.165, 1.54) is 0 Å². The van der Waals surface area contributed by atoms with Crippen molar-refractivity contribution in [3.63, 3.8) is 0 Å². The van der Waals surface area contributed by atoms with Crippen LogP contribution in [0.4, 0.5) is 0 Å². The van der Waals surface area contributed by atoms with Crippen LogP contribution in [0.2, 0.25) is 0 Å². The van der Waals surface area contributed by atoms with Crippen molar-refractivity contribution < 1.29 is 4.74 Å². The molecule has 3 heterocycles. The number of hydrogen-bond donors (Lipinski definition) is 0. The Bertz CT molecular complexity index is 740. The van der Waals surface area contributed by atoms with Gasteiger partial charge in [-0.05, 0) is 32.2 Å². The standard InChI is InChI=1S/C14H16N4OS/c1-14(2,3)19-13-10(9-6-5-7-20-9)16-12-11(17-13)15-8-18(12)4/h5-8H,1-4H3. The summed E-state index contributed by atoms with van der Waals surface area (Å²) < 4.78 is 7.82. The van der Waals surface area contributed by atoms with Crippen LogP contribution in [-0.2, 0) is 7.05 Å². The molecule has 0 radical (unpaired) electrons. The average molecular weight is 288 g/mol. The van der Waals surface area contributed by atoms with Crippen molar-refractivity contribution in [3.8, 4) is 16.5 Å². The van der Waals surface area contributed by atoms with E-state index in [9.17, 15) is 0 Å². The number of ether oxygens (including phenoxy) is 1. The maximum atomic E-state index is 5.96. The van der Waals surface area contributed by atoms with Gasteiger partial charge in [-0.2, -0.15) is 4.98 Å². The van der Waals surface area contributed by atoms with Gasteiger partial charge in [-0.15, -0.1) is 11.3 Å². The first-order chi connectivity index (χ1) is 9.44. The fourth-order valence-electron chi connectivity index (χ4n) is 1.86. The van der Waals surface area contributed by atoms with Crippen LogP contribution in [0.1, 0.15) is 20.8 Å². The smallest absolute Gasteiger partial charge is 0.244 e. The van der Waals surface area contributed by atoms with Gasteiger partial charge in [0, 0.05) is 7.05 Å². The van der Waals surface area contributed by atoms with Gasteiger partial charge in [0.15, 0.2) is 5.65 Å². The first kappa shape index (κ1) is 13.1. The van der Waals surface area contributed by atoms with Crippen molar-refractivity contribution in [1.29, 1.82) is 0 Å². The van der Waals surface area contributed by atoms with E-state index in [2.05, 4.69) is 15.0 Å². The highest BCUT2D eigenvalue weighted by Crippen LogP contribution is 2.33. The molecule has 104 valence electrons. The summed E-state index contributed by atoms with van der Waals surface area (Å²) in [5.41, 5.74) is 1.80. The molecule has 0 saturated carbocycles. The minimum Gasteiger partial charge on any atom is -0.470 e. The summed E-state index contributed by atoms with van der Waals surface area (Å²) in [5, 5.41) is 2.02. The van der Waals surface area contributed by atoms with Crippen LogP contribution >= 0.6 is 11.3 Å². The lowest BCUT2D eigenvalue weighted by molar-refractivity contribution is 0.125. The summed E-state index contributed by atoms with van der Waals surface area (Å²) >= 11 is 1.62. The van der Waals surface area contributed by atoms with Gasteiger partial charge in [-0.3, -0.25) is 0 Å². The molecule has 6 heteroatoms. The largest absolute Gasteiger partial charge is 0.470 e. The molecule has 0 atom stereocenters. The second-order valence-electron chi connectivity index (χ2n) is 5.57. The molecule has 3 aromatic rings. The van der Waals surface area contributed by atoms with Gasteiger partial charge in [-0.25, -0.2) is 9.97 Å². The monoisotopic (exact) mass is 288 g/mol. The third-order valence-corrected chi connectivity index (χ3v) is 3.55. The van der Waals surface area contributed by atoms with Crippen molar-refractivity contribution in [2.45, 2.75) is 26.4 Å². The first-order valence-corrected chi connectivity index (χ1v) is 7.24. The minimum absolute atomic E-state index is 0.330. The molecule has 0 amide bonds. The predicted molar refractivity (Wildman–Crippen MR) is 80.0 cm³/mol. The Balaban J connectivity index is 2.22. The summed E-state index contributed by atoms with van der Waals surface area (Å²) in [4.78, 5) is 14.5. The number of aryl methyl sites for hydroxylation is 1. The molecule has 0 aliphatic rings. The van der Waals surface area contributed by atoms with Crippen molar-refractivity contribution in [2.75, 3.05) is 0 Å². The van der Waals surface area contributed by atoms with Crippen LogP contribution in [0.15, 0.2) is 23.8 Å². The minimum atomic E-state index is -0.330. The van der Waals surface area contributed by atoms with E-state index < -0.39 is 0 Å². The van der Waals surface area contributed by atoms with Crippen molar-refractivity contribution in [1.82, 2.24) is 19.5 Å². The molecule has 0 aromatic carbocycles. The summed E-state index contributed by atoms with van der Waals surface area (Å²) in [6.07, 6.45) is 1.71. The van der Waals surface area contributed by atoms with Gasteiger partial charge in [0.05, 0.1) is 11.2 Å². The molecule has 0 fully saturated rings. The summed E-state index contributed by atoms with van der Waals surface area (Å²) in [6.45, 7) is 5.99. The maximum Gasteiger partial charge on any atom is 0.244 e. The van der Waals surface area contributed by atoms with Crippen molar-refractivity contribution >= 4 is 22.6 Å². The molecule has 0 aliphatic carbocycles. The van der Waals surface area contributed by atoms with E-state index in [1.807, 2.05) is 49.9 Å². The third kappa shape index (κ3) is 2.38. The molecule has 0 unspecified atom stereocenters. The Morgan fingerprint density at radius 3 is 2.70 bits per heavy atom. The van der Waals surface area contributed by atoms with E-state index >= 15 is 0 Å². The van der Waals surface area contributed by atoms with Gasteiger partial charge in [0.25, 0.3) is 0 Å². The molecular formula is C14H16N4OS. The lowest BCUT2D eigenvalue weighted by atomic mass is 10.2. The molecule has 0 N–H and O–H groups in total. The molecule has 0 bridgehead atoms. The average Bonchev–Trinajstić information content (AvgIpc) is 2.97. The molecule has 20 heavy (non-hydrogen) atoms. The van der Waals surface area contributed by atoms with Crippen LogP contribution in [0.5, 0.6) is 5.88 Å². The second kappa shape index (κ2) is 4.56. The van der Waals surface area contributed by atoms with Gasteiger partial charge < -0.3 is 9.30 Å². The molecule has 5 nitrogen and oxygen atoms in total. The van der Waals surface area contributed by atoms with Crippen molar-refractivity contribution in [2.24, 2.45) is 7.05 Å². The van der Waals surface area contributed by atoms with Gasteiger partial charge >= 0.3 is 0 Å². The topological polar surface area (TPSA) is 52.8 Å². The zero-order valence-corrected chi connectivity index (χ0v) is 12.7. The normalized spacial score (nSPS) is 12.0. The third-order valence-electron chi connectivity index (χ3n) is 2.67. The highest BCUT2D eigenvalue weighted by Gasteiger charge is 2.20. The zero-order valence-electron chi connectivity index (χ0n) is 11.9. The molecular weight excluding hydrogens is 272 g/mol. The van der Waals surface area contributed by atoms with E-state index in [-0.39, 0.29) is 5.60 Å². The molecule has 0 aliphatic heterocycles. The van der Waals surface area contributed by atoms with E-state index in [0.29, 0.717) is 11.5 Å². The Kier molecular flexibility index (Phi) is 2.97. The number of hydrogen-bond acceptors (Lipinski definition) is 5. The molecule has 3 rings (SSSR count). The highest BCUT2D eigenvalue weighted by molar-refractivity contribution is 7.13. The zero-order chi connectivity index (χ0) is 14.3. The van der Waals surface area contributed by atoms with E-state index in [1.54, 1.807) is 17.7 Å². The Labute approximate surface area is 121 Å². The van der Waals surface area contributed by atoms with Crippen LogP contribution in [0.25, 0.3) is 21.9 Å². The Morgan fingerprint density at radius 2 is 2.05 bits per heavy atom. The number of fused-ring (bicyclic) bond motifs is 1. The molecule has 3 aromatic heterocycles. The van der Waals surface area contributed by atoms with E-state index in [4.69, 9.17) is 4.74 Å². The van der Waals surface area contributed by atoms with Crippen LogP contribution in [-0.4, -0.2) is 25.1 Å². The van der Waals surface area contributed by atoms with Crippen LogP contribution in [0.3, 0.4) is 0 Å². The second-order valence-corrected chi connectivity index (χ2v) is 6.52. The number of aromatic nitrogens is 4. The number of nitrogens with zero attached hydrogens (tertiary/aromatic N) is 4. The fraction of sp³-hybridized carbons (Fsp3) is 0.357. The first-order valence-electron chi connectivity index (χ1n) is 6.36. The molecule has 0 spiro atoms. The summed E-state index contributed by atoms with van der Waals surface area (Å²) in [6, 6.07) is 4.02. The highest BCUT2D eigenvalue weighted by atomic mass is 32.1. The number of thiophene rings is 1. The van der Waals surface area contributed by atoms with E-state index in [0.717, 1.165) is 16.2 Å².